The summed E-state index contributed by atoms with van der Waals surface area (Å²) in [7, 11) is 0. The van der Waals surface area contributed by atoms with Crippen LogP contribution in [0, 0.1) is 6.92 Å². The summed E-state index contributed by atoms with van der Waals surface area (Å²) in [5, 5.41) is 2.80. The van der Waals surface area contributed by atoms with Crippen molar-refractivity contribution >= 4 is 5.91 Å². The fraction of sp³-hybridized carbons (Fsp3) is 0.417. The van der Waals surface area contributed by atoms with E-state index in [1.165, 1.54) is 0 Å². The lowest BCUT2D eigenvalue weighted by atomic mass is 10.0. The number of nitrogens with two attached hydrogens (primary N) is 1. The summed E-state index contributed by atoms with van der Waals surface area (Å²) in [5.74, 6) is -0.129. The molecule has 0 radical (unpaired) electrons. The van der Waals surface area contributed by atoms with Crippen LogP contribution in [-0.2, 0) is 4.79 Å². The van der Waals surface area contributed by atoms with Crippen molar-refractivity contribution < 1.29 is 4.79 Å². The smallest absolute Gasteiger partial charge is 0.241 e. The van der Waals surface area contributed by atoms with Gasteiger partial charge in [-0.3, -0.25) is 4.79 Å². The minimum atomic E-state index is -0.577. The Morgan fingerprint density at radius 1 is 1.40 bits per heavy atom. The number of aryl methyl sites for hydroxylation is 1. The van der Waals surface area contributed by atoms with E-state index in [2.05, 4.69) is 5.32 Å². The van der Waals surface area contributed by atoms with Crippen molar-refractivity contribution in [1.29, 1.82) is 0 Å². The van der Waals surface area contributed by atoms with Gasteiger partial charge in [0.1, 0.15) is 6.04 Å². The number of rotatable bonds is 3. The number of carbonyl (C=O) groups excluding carboxylic acids is 1. The van der Waals surface area contributed by atoms with E-state index in [9.17, 15) is 4.79 Å². The number of hydrogen-bond donors (Lipinski definition) is 2. The molecule has 0 saturated heterocycles. The van der Waals surface area contributed by atoms with Crippen LogP contribution >= 0.6 is 0 Å². The summed E-state index contributed by atoms with van der Waals surface area (Å²) in [6, 6.07) is 7.24. The highest BCUT2D eigenvalue weighted by Crippen LogP contribution is 2.12. The first-order valence-corrected chi connectivity index (χ1v) is 5.13. The third-order valence-corrected chi connectivity index (χ3v) is 2.11. The number of amides is 1. The summed E-state index contributed by atoms with van der Waals surface area (Å²) in [4.78, 5) is 11.6. The van der Waals surface area contributed by atoms with Crippen LogP contribution < -0.4 is 11.1 Å². The molecule has 0 aliphatic carbocycles. The molecular formula is C12H18N2O. The molecule has 0 aliphatic heterocycles. The zero-order valence-electron chi connectivity index (χ0n) is 9.45. The molecule has 15 heavy (non-hydrogen) atoms. The molecule has 1 amide bonds. The highest BCUT2D eigenvalue weighted by atomic mass is 16.2. The first-order chi connectivity index (χ1) is 7.00. The summed E-state index contributed by atoms with van der Waals surface area (Å²) >= 11 is 0. The maximum Gasteiger partial charge on any atom is 0.241 e. The average Bonchev–Trinajstić information content (AvgIpc) is 2.15. The van der Waals surface area contributed by atoms with E-state index in [-0.39, 0.29) is 11.9 Å². The lowest BCUT2D eigenvalue weighted by molar-refractivity contribution is -0.122. The molecule has 1 atom stereocenters. The molecule has 1 aromatic carbocycles. The van der Waals surface area contributed by atoms with E-state index >= 15 is 0 Å². The van der Waals surface area contributed by atoms with Crippen LogP contribution in [0.2, 0.25) is 0 Å². The number of benzene rings is 1. The van der Waals surface area contributed by atoms with Crippen LogP contribution in [-0.4, -0.2) is 11.9 Å². The third-order valence-electron chi connectivity index (χ3n) is 2.11. The summed E-state index contributed by atoms with van der Waals surface area (Å²) in [5.41, 5.74) is 7.81. The van der Waals surface area contributed by atoms with Crippen LogP contribution in [0.1, 0.15) is 31.0 Å². The largest absolute Gasteiger partial charge is 0.352 e. The fourth-order valence-electron chi connectivity index (χ4n) is 1.39. The van der Waals surface area contributed by atoms with E-state index in [1.807, 2.05) is 45.0 Å². The Bertz CT molecular complexity index is 347. The molecule has 3 heteroatoms. The van der Waals surface area contributed by atoms with E-state index < -0.39 is 6.04 Å². The van der Waals surface area contributed by atoms with Gasteiger partial charge in [-0.2, -0.15) is 0 Å². The van der Waals surface area contributed by atoms with E-state index in [1.54, 1.807) is 0 Å². The molecule has 82 valence electrons. The van der Waals surface area contributed by atoms with Crippen molar-refractivity contribution in [3.63, 3.8) is 0 Å². The molecule has 3 nitrogen and oxygen atoms in total. The second-order valence-electron chi connectivity index (χ2n) is 4.06. The van der Waals surface area contributed by atoms with Crippen molar-refractivity contribution in [2.45, 2.75) is 32.9 Å². The van der Waals surface area contributed by atoms with Gasteiger partial charge in [0, 0.05) is 6.04 Å². The Kier molecular flexibility index (Phi) is 3.86. The maximum atomic E-state index is 11.6. The zero-order chi connectivity index (χ0) is 11.4. The number of nitrogens with one attached hydrogen (secondary N) is 1. The predicted octanol–water partition coefficient (Wildman–Crippen LogP) is 1.52. The number of carbonyl (C=O) groups is 1. The van der Waals surface area contributed by atoms with Crippen LogP contribution in [0.25, 0.3) is 0 Å². The molecule has 0 aromatic heterocycles. The van der Waals surface area contributed by atoms with E-state index in [0.29, 0.717) is 0 Å². The number of hydrogen-bond acceptors (Lipinski definition) is 2. The Balaban J connectivity index is 2.76. The molecule has 0 heterocycles. The lowest BCUT2D eigenvalue weighted by Gasteiger charge is -2.15. The molecule has 1 aromatic rings. The first-order valence-electron chi connectivity index (χ1n) is 5.13. The van der Waals surface area contributed by atoms with Crippen LogP contribution in [0.5, 0.6) is 0 Å². The van der Waals surface area contributed by atoms with Gasteiger partial charge in [0.15, 0.2) is 0 Å². The highest BCUT2D eigenvalue weighted by Gasteiger charge is 2.15. The monoisotopic (exact) mass is 206 g/mol. The summed E-state index contributed by atoms with van der Waals surface area (Å²) < 4.78 is 0. The van der Waals surface area contributed by atoms with Gasteiger partial charge in [-0.05, 0) is 26.3 Å². The average molecular weight is 206 g/mol. The van der Waals surface area contributed by atoms with Gasteiger partial charge < -0.3 is 11.1 Å². The Morgan fingerprint density at radius 3 is 2.60 bits per heavy atom. The van der Waals surface area contributed by atoms with Crippen molar-refractivity contribution in [3.05, 3.63) is 35.4 Å². The molecule has 0 aliphatic rings. The Morgan fingerprint density at radius 2 is 2.07 bits per heavy atom. The molecule has 1 unspecified atom stereocenters. The molecule has 0 spiro atoms. The van der Waals surface area contributed by atoms with Crippen LogP contribution in [0.15, 0.2) is 24.3 Å². The van der Waals surface area contributed by atoms with Crippen molar-refractivity contribution in [3.8, 4) is 0 Å². The minimum Gasteiger partial charge on any atom is -0.352 e. The lowest BCUT2D eigenvalue weighted by Crippen LogP contribution is -2.38. The van der Waals surface area contributed by atoms with E-state index in [0.717, 1.165) is 11.1 Å². The van der Waals surface area contributed by atoms with Crippen LogP contribution in [0.3, 0.4) is 0 Å². The topological polar surface area (TPSA) is 55.1 Å². The summed E-state index contributed by atoms with van der Waals surface area (Å²) in [6.45, 7) is 5.82. The molecule has 0 fully saturated rings. The normalized spacial score (nSPS) is 12.6. The molecular weight excluding hydrogens is 188 g/mol. The standard InChI is InChI=1S/C12H18N2O/c1-8(2)14-12(15)11(13)10-6-4-5-9(3)7-10/h4-8,11H,13H2,1-3H3,(H,14,15). The fourth-order valence-corrected chi connectivity index (χ4v) is 1.39. The quantitative estimate of drug-likeness (QED) is 0.787. The summed E-state index contributed by atoms with van der Waals surface area (Å²) in [6.07, 6.45) is 0. The Labute approximate surface area is 90.7 Å². The van der Waals surface area contributed by atoms with Crippen molar-refractivity contribution in [2.75, 3.05) is 0 Å². The van der Waals surface area contributed by atoms with Gasteiger partial charge in [-0.1, -0.05) is 29.8 Å². The second kappa shape index (κ2) is 4.94. The second-order valence-corrected chi connectivity index (χ2v) is 4.06. The zero-order valence-corrected chi connectivity index (χ0v) is 9.45. The maximum absolute atomic E-state index is 11.6. The first kappa shape index (κ1) is 11.7. The van der Waals surface area contributed by atoms with Gasteiger partial charge in [0.2, 0.25) is 5.91 Å². The van der Waals surface area contributed by atoms with Gasteiger partial charge in [-0.15, -0.1) is 0 Å². The van der Waals surface area contributed by atoms with Gasteiger partial charge in [0.25, 0.3) is 0 Å². The minimum absolute atomic E-state index is 0.119. The third kappa shape index (κ3) is 3.36. The molecule has 3 N–H and O–H groups in total. The van der Waals surface area contributed by atoms with Gasteiger partial charge >= 0.3 is 0 Å². The van der Waals surface area contributed by atoms with Gasteiger partial charge in [-0.25, -0.2) is 0 Å². The van der Waals surface area contributed by atoms with Crippen molar-refractivity contribution in [2.24, 2.45) is 5.73 Å². The van der Waals surface area contributed by atoms with Crippen molar-refractivity contribution in [1.82, 2.24) is 5.32 Å². The Hall–Kier alpha value is -1.35. The highest BCUT2D eigenvalue weighted by molar-refractivity contribution is 5.83. The molecule has 0 saturated carbocycles. The SMILES string of the molecule is Cc1cccc(C(N)C(=O)NC(C)C)c1. The van der Waals surface area contributed by atoms with E-state index in [4.69, 9.17) is 5.73 Å². The molecule has 0 bridgehead atoms. The van der Waals surface area contributed by atoms with Crippen LogP contribution in [0.4, 0.5) is 0 Å². The molecule has 1 rings (SSSR count). The van der Waals surface area contributed by atoms with Gasteiger partial charge in [0.05, 0.1) is 0 Å². The predicted molar refractivity (Wildman–Crippen MR) is 61.4 cm³/mol.